The average molecular weight is 252 g/mol. The molecule has 0 unspecified atom stereocenters. The van der Waals surface area contributed by atoms with E-state index in [1.54, 1.807) is 17.2 Å². The lowest BCUT2D eigenvalue weighted by molar-refractivity contribution is -0.138. The number of hydrogen-bond acceptors (Lipinski definition) is 4. The number of hydrogen-bond donors (Lipinski definition) is 2. The van der Waals surface area contributed by atoms with E-state index in [-0.39, 0.29) is 12.5 Å². The normalized spacial score (nSPS) is 17.4. The number of rotatable bonds is 3. The van der Waals surface area contributed by atoms with E-state index >= 15 is 0 Å². The van der Waals surface area contributed by atoms with E-state index in [1.807, 2.05) is 4.90 Å². The van der Waals surface area contributed by atoms with Gasteiger partial charge in [0.2, 0.25) is 0 Å². The number of nitrogens with one attached hydrogen (secondary N) is 1. The van der Waals surface area contributed by atoms with Crippen LogP contribution in [0.1, 0.15) is 16.9 Å². The van der Waals surface area contributed by atoms with Crippen molar-refractivity contribution < 1.29 is 14.7 Å². The summed E-state index contributed by atoms with van der Waals surface area (Å²) in [7, 11) is 0. The molecule has 1 aromatic heterocycles. The molecular formula is C11H16N4O3. The first kappa shape index (κ1) is 12.6. The number of aliphatic carboxylic acids is 1. The van der Waals surface area contributed by atoms with Crippen LogP contribution in [0.2, 0.25) is 0 Å². The van der Waals surface area contributed by atoms with Crippen molar-refractivity contribution >= 4 is 11.9 Å². The maximum absolute atomic E-state index is 12.1. The maximum atomic E-state index is 12.1. The Labute approximate surface area is 104 Å². The largest absolute Gasteiger partial charge is 0.480 e. The Morgan fingerprint density at radius 3 is 2.83 bits per heavy atom. The predicted octanol–water partition coefficient (Wildman–Crippen LogP) is -0.358. The summed E-state index contributed by atoms with van der Waals surface area (Å²) < 4.78 is 0. The number of carbonyl (C=O) groups excluding carboxylic acids is 1. The van der Waals surface area contributed by atoms with Gasteiger partial charge in [0.1, 0.15) is 5.69 Å². The van der Waals surface area contributed by atoms with Crippen molar-refractivity contribution in [3.8, 4) is 0 Å². The van der Waals surface area contributed by atoms with Crippen LogP contribution in [0, 0.1) is 0 Å². The van der Waals surface area contributed by atoms with E-state index in [2.05, 4.69) is 10.2 Å². The van der Waals surface area contributed by atoms with Crippen LogP contribution in [-0.2, 0) is 4.79 Å². The van der Waals surface area contributed by atoms with Crippen molar-refractivity contribution in [3.63, 3.8) is 0 Å². The first-order valence-electron chi connectivity index (χ1n) is 5.89. The molecule has 1 amide bonds. The summed E-state index contributed by atoms with van der Waals surface area (Å²) in [5.41, 5.74) is 0.474. The first-order chi connectivity index (χ1) is 8.66. The lowest BCUT2D eigenvalue weighted by Crippen LogP contribution is -2.36. The van der Waals surface area contributed by atoms with Crippen LogP contribution in [0.15, 0.2) is 12.3 Å². The number of aromatic amines is 1. The molecule has 0 atom stereocenters. The van der Waals surface area contributed by atoms with Gasteiger partial charge in [0.25, 0.3) is 5.91 Å². The van der Waals surface area contributed by atoms with Gasteiger partial charge in [-0.1, -0.05) is 0 Å². The van der Waals surface area contributed by atoms with Gasteiger partial charge in [-0.2, -0.15) is 5.10 Å². The molecule has 1 saturated heterocycles. The zero-order valence-electron chi connectivity index (χ0n) is 10.0. The van der Waals surface area contributed by atoms with Gasteiger partial charge in [0, 0.05) is 32.4 Å². The van der Waals surface area contributed by atoms with Crippen molar-refractivity contribution in [1.82, 2.24) is 20.0 Å². The number of carbonyl (C=O) groups is 2. The predicted molar refractivity (Wildman–Crippen MR) is 63.2 cm³/mol. The number of H-pyrrole nitrogens is 1. The summed E-state index contributed by atoms with van der Waals surface area (Å²) in [6.07, 6.45) is 2.33. The zero-order valence-corrected chi connectivity index (χ0v) is 10.0. The van der Waals surface area contributed by atoms with Gasteiger partial charge < -0.3 is 10.0 Å². The molecule has 0 bridgehead atoms. The second-order valence-corrected chi connectivity index (χ2v) is 4.29. The van der Waals surface area contributed by atoms with Crippen LogP contribution < -0.4 is 0 Å². The fourth-order valence-corrected chi connectivity index (χ4v) is 2.07. The molecule has 0 saturated carbocycles. The van der Waals surface area contributed by atoms with Crippen molar-refractivity contribution in [1.29, 1.82) is 0 Å². The van der Waals surface area contributed by atoms with Crippen molar-refractivity contribution in [2.24, 2.45) is 0 Å². The SMILES string of the molecule is O=C(O)CN1CCCN(C(=O)c2ccn[nH]2)CC1. The Morgan fingerprint density at radius 2 is 2.17 bits per heavy atom. The minimum absolute atomic E-state index is 0.0338. The molecule has 98 valence electrons. The Hall–Kier alpha value is -1.89. The van der Waals surface area contributed by atoms with Gasteiger partial charge in [-0.25, -0.2) is 0 Å². The van der Waals surface area contributed by atoms with Crippen molar-refractivity contribution in [2.75, 3.05) is 32.7 Å². The molecule has 0 spiro atoms. The molecule has 18 heavy (non-hydrogen) atoms. The smallest absolute Gasteiger partial charge is 0.317 e. The molecule has 7 heteroatoms. The third-order valence-electron chi connectivity index (χ3n) is 2.97. The van der Waals surface area contributed by atoms with Crippen LogP contribution in [0.4, 0.5) is 0 Å². The van der Waals surface area contributed by atoms with Crippen molar-refractivity contribution in [2.45, 2.75) is 6.42 Å². The Kier molecular flexibility index (Phi) is 3.93. The topological polar surface area (TPSA) is 89.5 Å². The number of carboxylic acid groups (broad SMARTS) is 1. The molecule has 0 aliphatic carbocycles. The summed E-state index contributed by atoms with van der Waals surface area (Å²) in [5, 5.41) is 15.2. The number of amides is 1. The molecule has 2 N–H and O–H groups in total. The quantitative estimate of drug-likeness (QED) is 0.767. The van der Waals surface area contributed by atoms with Gasteiger partial charge in [0.05, 0.1) is 6.54 Å². The molecule has 2 rings (SSSR count). The lowest BCUT2D eigenvalue weighted by Gasteiger charge is -2.20. The Bertz CT molecular complexity index is 418. The fraction of sp³-hybridized carbons (Fsp3) is 0.545. The summed E-state index contributed by atoms with van der Waals surface area (Å²) in [5.74, 6) is -0.909. The summed E-state index contributed by atoms with van der Waals surface area (Å²) in [4.78, 5) is 26.3. The summed E-state index contributed by atoms with van der Waals surface area (Å²) in [6, 6.07) is 1.64. The second-order valence-electron chi connectivity index (χ2n) is 4.29. The fourth-order valence-electron chi connectivity index (χ4n) is 2.07. The van der Waals surface area contributed by atoms with Crippen LogP contribution in [0.25, 0.3) is 0 Å². The third kappa shape index (κ3) is 3.07. The summed E-state index contributed by atoms with van der Waals surface area (Å²) >= 11 is 0. The van der Waals surface area contributed by atoms with E-state index in [0.29, 0.717) is 31.9 Å². The van der Waals surface area contributed by atoms with Gasteiger partial charge in [-0.15, -0.1) is 0 Å². The van der Waals surface area contributed by atoms with E-state index in [1.165, 1.54) is 0 Å². The molecule has 0 aromatic carbocycles. The molecule has 2 heterocycles. The summed E-state index contributed by atoms with van der Waals surface area (Å²) in [6.45, 7) is 2.52. The number of aromatic nitrogens is 2. The zero-order chi connectivity index (χ0) is 13.0. The lowest BCUT2D eigenvalue weighted by atomic mass is 10.3. The Balaban J connectivity index is 1.93. The molecular weight excluding hydrogens is 236 g/mol. The van der Waals surface area contributed by atoms with Crippen LogP contribution in [0.5, 0.6) is 0 Å². The van der Waals surface area contributed by atoms with Crippen LogP contribution in [-0.4, -0.2) is 69.7 Å². The molecule has 1 aromatic rings. The second kappa shape index (κ2) is 5.63. The minimum atomic E-state index is -0.830. The molecule has 1 aliphatic heterocycles. The standard InChI is InChI=1S/C11H16N4O3/c16-10(17)8-14-4-1-5-15(7-6-14)11(18)9-2-3-12-13-9/h2-3H,1,4-8H2,(H,12,13)(H,16,17). The van der Waals surface area contributed by atoms with E-state index in [0.717, 1.165) is 6.42 Å². The van der Waals surface area contributed by atoms with Crippen molar-refractivity contribution in [3.05, 3.63) is 18.0 Å². The van der Waals surface area contributed by atoms with Gasteiger partial charge in [0.15, 0.2) is 0 Å². The van der Waals surface area contributed by atoms with Gasteiger partial charge >= 0.3 is 5.97 Å². The van der Waals surface area contributed by atoms with E-state index in [9.17, 15) is 9.59 Å². The molecule has 1 aliphatic rings. The van der Waals surface area contributed by atoms with Gasteiger partial charge in [-0.3, -0.25) is 19.6 Å². The third-order valence-corrected chi connectivity index (χ3v) is 2.97. The minimum Gasteiger partial charge on any atom is -0.480 e. The highest BCUT2D eigenvalue weighted by Crippen LogP contribution is 2.07. The average Bonchev–Trinajstić information content (AvgIpc) is 2.76. The molecule has 7 nitrogen and oxygen atoms in total. The van der Waals surface area contributed by atoms with Crippen LogP contribution in [0.3, 0.4) is 0 Å². The number of carboxylic acids is 1. The van der Waals surface area contributed by atoms with Crippen LogP contribution >= 0.6 is 0 Å². The highest BCUT2D eigenvalue weighted by Gasteiger charge is 2.21. The maximum Gasteiger partial charge on any atom is 0.317 e. The molecule has 1 fully saturated rings. The highest BCUT2D eigenvalue weighted by molar-refractivity contribution is 5.92. The van der Waals surface area contributed by atoms with Gasteiger partial charge in [-0.05, 0) is 12.5 Å². The Morgan fingerprint density at radius 1 is 1.33 bits per heavy atom. The van der Waals surface area contributed by atoms with E-state index < -0.39 is 5.97 Å². The monoisotopic (exact) mass is 252 g/mol. The highest BCUT2D eigenvalue weighted by atomic mass is 16.4. The number of nitrogens with zero attached hydrogens (tertiary/aromatic N) is 3. The molecule has 0 radical (unpaired) electrons. The van der Waals surface area contributed by atoms with E-state index in [4.69, 9.17) is 5.11 Å². The first-order valence-corrected chi connectivity index (χ1v) is 5.89.